The molecule has 1 unspecified atom stereocenters. The molecule has 0 bridgehead atoms. The van der Waals surface area contributed by atoms with Gasteiger partial charge in [0.1, 0.15) is 0 Å². The molecule has 172 valence electrons. The van der Waals surface area contributed by atoms with Crippen molar-refractivity contribution in [2.45, 2.75) is 66.0 Å². The fraction of sp³-hybridized carbons (Fsp3) is 0.444. The molecule has 0 fully saturated rings. The van der Waals surface area contributed by atoms with Gasteiger partial charge in [-0.25, -0.2) is 0 Å². The summed E-state index contributed by atoms with van der Waals surface area (Å²) in [6, 6.07) is 12.4. The number of carbonyl (C=O) groups is 1. The highest BCUT2D eigenvalue weighted by Gasteiger charge is 2.32. The quantitative estimate of drug-likeness (QED) is 0.502. The van der Waals surface area contributed by atoms with Crippen LogP contribution in [-0.4, -0.2) is 40.1 Å². The van der Waals surface area contributed by atoms with Crippen LogP contribution in [0.1, 0.15) is 49.9 Å². The Morgan fingerprint density at radius 2 is 1.78 bits per heavy atom. The molecule has 0 aliphatic heterocycles. The summed E-state index contributed by atoms with van der Waals surface area (Å²) in [5.74, 6) is -0.263. The first-order chi connectivity index (χ1) is 15.1. The monoisotopic (exact) mass is 437 g/mol. The minimum absolute atomic E-state index is 0.0110. The average Bonchev–Trinajstić information content (AvgIpc) is 3.00. The first kappa shape index (κ1) is 24.0. The van der Waals surface area contributed by atoms with Gasteiger partial charge in [0.2, 0.25) is 0 Å². The molecular weight excluding hydrogens is 402 g/mol. The standard InChI is InChI=1S/C27H35NO4/c1-7-32-26(31)27(5,6)21-8-9-24-23(15-21)22(10-11-29)25(28(24)16-19(4)30)20-13-17(2)12-18(3)14-20/h8-9,12-15,19,29-30H,7,10-11,16H2,1-6H3. The van der Waals surface area contributed by atoms with Crippen LogP contribution in [0.4, 0.5) is 0 Å². The zero-order chi connectivity index (χ0) is 23.6. The van der Waals surface area contributed by atoms with Gasteiger partial charge in [0, 0.05) is 24.1 Å². The maximum absolute atomic E-state index is 12.6. The van der Waals surface area contributed by atoms with Gasteiger partial charge in [-0.1, -0.05) is 23.3 Å². The molecule has 3 rings (SSSR count). The summed E-state index contributed by atoms with van der Waals surface area (Å²) in [5.41, 5.74) is 6.46. The number of benzene rings is 2. The molecule has 3 aromatic rings. The summed E-state index contributed by atoms with van der Waals surface area (Å²) >= 11 is 0. The molecule has 0 amide bonds. The van der Waals surface area contributed by atoms with E-state index >= 15 is 0 Å². The lowest BCUT2D eigenvalue weighted by atomic mass is 9.83. The van der Waals surface area contributed by atoms with Gasteiger partial charge in [-0.2, -0.15) is 0 Å². The minimum atomic E-state index is -0.798. The zero-order valence-electron chi connectivity index (χ0n) is 20.0. The van der Waals surface area contributed by atoms with Crippen LogP contribution in [0.3, 0.4) is 0 Å². The Balaban J connectivity index is 2.34. The second kappa shape index (κ2) is 9.47. The highest BCUT2D eigenvalue weighted by Crippen LogP contribution is 2.38. The number of aliphatic hydroxyl groups excluding tert-OH is 2. The van der Waals surface area contributed by atoms with Crippen molar-refractivity contribution < 1.29 is 19.7 Å². The molecular formula is C27H35NO4. The Labute approximate surface area is 190 Å². The van der Waals surface area contributed by atoms with E-state index in [2.05, 4.69) is 36.6 Å². The van der Waals surface area contributed by atoms with Gasteiger partial charge in [-0.3, -0.25) is 4.79 Å². The van der Waals surface area contributed by atoms with Gasteiger partial charge in [-0.15, -0.1) is 0 Å². The normalized spacial score (nSPS) is 12.9. The van der Waals surface area contributed by atoms with E-state index in [1.807, 2.05) is 39.0 Å². The number of hydrogen-bond donors (Lipinski definition) is 2. The zero-order valence-corrected chi connectivity index (χ0v) is 20.0. The van der Waals surface area contributed by atoms with Gasteiger partial charge < -0.3 is 19.5 Å². The number of aromatic nitrogens is 1. The maximum Gasteiger partial charge on any atom is 0.315 e. The molecule has 5 heteroatoms. The Morgan fingerprint density at radius 3 is 2.34 bits per heavy atom. The predicted octanol–water partition coefficient (Wildman–Crippen LogP) is 4.68. The lowest BCUT2D eigenvalue weighted by molar-refractivity contribution is -0.148. The number of ether oxygens (including phenoxy) is 1. The second-order valence-corrected chi connectivity index (χ2v) is 9.21. The molecule has 5 nitrogen and oxygen atoms in total. The number of carbonyl (C=O) groups excluding carboxylic acids is 1. The number of esters is 1. The summed E-state index contributed by atoms with van der Waals surface area (Å²) in [5, 5.41) is 21.2. The summed E-state index contributed by atoms with van der Waals surface area (Å²) < 4.78 is 7.45. The van der Waals surface area contributed by atoms with Crippen LogP contribution in [0.15, 0.2) is 36.4 Å². The largest absolute Gasteiger partial charge is 0.465 e. The molecule has 1 heterocycles. The third-order valence-corrected chi connectivity index (χ3v) is 5.98. The van der Waals surface area contributed by atoms with Gasteiger partial charge >= 0.3 is 5.97 Å². The smallest absolute Gasteiger partial charge is 0.315 e. The lowest BCUT2D eigenvalue weighted by Gasteiger charge is -2.23. The van der Waals surface area contributed by atoms with E-state index in [1.165, 1.54) is 0 Å². The molecule has 0 radical (unpaired) electrons. The SMILES string of the molecule is CCOC(=O)C(C)(C)c1ccc2c(c1)c(CCO)c(-c1cc(C)cc(C)c1)n2CC(C)O. The Bertz CT molecular complexity index is 1100. The van der Waals surface area contributed by atoms with E-state index < -0.39 is 11.5 Å². The Morgan fingerprint density at radius 1 is 1.12 bits per heavy atom. The second-order valence-electron chi connectivity index (χ2n) is 9.21. The topological polar surface area (TPSA) is 71.7 Å². The van der Waals surface area contributed by atoms with Crippen molar-refractivity contribution >= 4 is 16.9 Å². The lowest BCUT2D eigenvalue weighted by Crippen LogP contribution is -2.31. The van der Waals surface area contributed by atoms with Crippen LogP contribution in [0.25, 0.3) is 22.2 Å². The average molecular weight is 438 g/mol. The van der Waals surface area contributed by atoms with E-state index in [9.17, 15) is 15.0 Å². The summed E-state index contributed by atoms with van der Waals surface area (Å²) in [6.45, 7) is 12.3. The molecule has 1 aromatic heterocycles. The van der Waals surface area contributed by atoms with Crippen molar-refractivity contribution in [3.63, 3.8) is 0 Å². The number of aryl methyl sites for hydroxylation is 2. The van der Waals surface area contributed by atoms with Crippen LogP contribution >= 0.6 is 0 Å². The van der Waals surface area contributed by atoms with E-state index in [0.717, 1.165) is 44.4 Å². The third-order valence-electron chi connectivity index (χ3n) is 5.98. The summed E-state index contributed by atoms with van der Waals surface area (Å²) in [6.07, 6.45) is -0.0533. The number of fused-ring (bicyclic) bond motifs is 1. The van der Waals surface area contributed by atoms with Crippen molar-refractivity contribution in [3.8, 4) is 11.3 Å². The Kier molecular flexibility index (Phi) is 7.11. The van der Waals surface area contributed by atoms with E-state index in [0.29, 0.717) is 19.6 Å². The van der Waals surface area contributed by atoms with Crippen LogP contribution in [-0.2, 0) is 27.9 Å². The van der Waals surface area contributed by atoms with Crippen molar-refractivity contribution in [2.24, 2.45) is 0 Å². The van der Waals surface area contributed by atoms with Crippen LogP contribution in [0.2, 0.25) is 0 Å². The van der Waals surface area contributed by atoms with E-state index in [4.69, 9.17) is 4.74 Å². The molecule has 0 saturated heterocycles. The molecule has 32 heavy (non-hydrogen) atoms. The molecule has 0 saturated carbocycles. The molecule has 0 spiro atoms. The van der Waals surface area contributed by atoms with Crippen molar-refractivity contribution in [3.05, 3.63) is 58.7 Å². The van der Waals surface area contributed by atoms with Crippen LogP contribution < -0.4 is 0 Å². The summed E-state index contributed by atoms with van der Waals surface area (Å²) in [7, 11) is 0. The van der Waals surface area contributed by atoms with Crippen LogP contribution in [0.5, 0.6) is 0 Å². The van der Waals surface area contributed by atoms with E-state index in [-0.39, 0.29) is 12.6 Å². The molecule has 0 aliphatic rings. The maximum atomic E-state index is 12.6. The van der Waals surface area contributed by atoms with Crippen molar-refractivity contribution in [2.75, 3.05) is 13.2 Å². The highest BCUT2D eigenvalue weighted by atomic mass is 16.5. The minimum Gasteiger partial charge on any atom is -0.465 e. The van der Waals surface area contributed by atoms with Gasteiger partial charge in [-0.05, 0) is 88.9 Å². The fourth-order valence-electron chi connectivity index (χ4n) is 4.50. The molecule has 1 atom stereocenters. The van der Waals surface area contributed by atoms with Gasteiger partial charge in [0.15, 0.2) is 0 Å². The fourth-order valence-corrected chi connectivity index (χ4v) is 4.50. The highest BCUT2D eigenvalue weighted by molar-refractivity contribution is 5.94. The molecule has 2 N–H and O–H groups in total. The number of rotatable bonds is 8. The van der Waals surface area contributed by atoms with Gasteiger partial charge in [0.05, 0.1) is 23.8 Å². The number of aliphatic hydroxyl groups is 2. The Hall–Kier alpha value is -2.63. The van der Waals surface area contributed by atoms with Gasteiger partial charge in [0.25, 0.3) is 0 Å². The number of nitrogens with zero attached hydrogens (tertiary/aromatic N) is 1. The first-order valence-corrected chi connectivity index (χ1v) is 11.3. The first-order valence-electron chi connectivity index (χ1n) is 11.3. The number of hydrogen-bond acceptors (Lipinski definition) is 4. The molecule has 2 aromatic carbocycles. The van der Waals surface area contributed by atoms with E-state index in [1.54, 1.807) is 6.92 Å². The van der Waals surface area contributed by atoms with Crippen LogP contribution in [0, 0.1) is 13.8 Å². The van der Waals surface area contributed by atoms with Crippen molar-refractivity contribution in [1.82, 2.24) is 4.57 Å². The summed E-state index contributed by atoms with van der Waals surface area (Å²) in [4.78, 5) is 12.6. The predicted molar refractivity (Wildman–Crippen MR) is 129 cm³/mol. The third kappa shape index (κ3) is 4.59. The molecule has 0 aliphatic carbocycles. The van der Waals surface area contributed by atoms with Crippen molar-refractivity contribution in [1.29, 1.82) is 0 Å².